The Morgan fingerprint density at radius 3 is 1.95 bits per heavy atom. The molecule has 4 aromatic carbocycles. The lowest BCUT2D eigenvalue weighted by Crippen LogP contribution is -1.97. The molecule has 0 aliphatic heterocycles. The molecule has 7 nitrogen and oxygen atoms in total. The molecule has 0 saturated carbocycles. The number of carbonyl (C=O) groups is 2. The Morgan fingerprint density at radius 2 is 1.19 bits per heavy atom. The number of nitrogens with zero attached hydrogens (tertiary/aromatic N) is 3. The Balaban J connectivity index is 1.29. The molecule has 0 bridgehead atoms. The molecule has 0 aliphatic rings. The topological polar surface area (TPSA) is 91.3 Å². The van der Waals surface area contributed by atoms with Gasteiger partial charge in [-0.2, -0.15) is 0 Å². The molecule has 0 fully saturated rings. The van der Waals surface area contributed by atoms with Crippen LogP contribution in [0.2, 0.25) is 0 Å². The summed E-state index contributed by atoms with van der Waals surface area (Å²) in [6, 6.07) is 29.1. The van der Waals surface area contributed by atoms with Crippen molar-refractivity contribution in [2.75, 3.05) is 0 Å². The van der Waals surface area contributed by atoms with Crippen molar-refractivity contribution >= 4 is 45.3 Å². The molecule has 7 heteroatoms. The molecule has 0 spiro atoms. The number of aromatic nitrogens is 3. The lowest BCUT2D eigenvalue weighted by molar-refractivity contribution is -0.121. The number of rotatable bonds is 6. The minimum atomic E-state index is 0.264. The highest BCUT2D eigenvalue weighted by molar-refractivity contribution is 6.23. The van der Waals surface area contributed by atoms with E-state index >= 15 is 0 Å². The van der Waals surface area contributed by atoms with Crippen molar-refractivity contribution in [3.05, 3.63) is 115 Å². The highest BCUT2D eigenvalue weighted by Gasteiger charge is 2.12. The van der Waals surface area contributed by atoms with Crippen LogP contribution in [0, 0.1) is 11.8 Å². The van der Waals surface area contributed by atoms with E-state index in [0.717, 1.165) is 16.5 Å². The van der Waals surface area contributed by atoms with E-state index < -0.39 is 0 Å². The zero-order chi connectivity index (χ0) is 28.5. The van der Waals surface area contributed by atoms with Crippen LogP contribution in [0.4, 0.5) is 0 Å². The van der Waals surface area contributed by atoms with Gasteiger partial charge in [-0.25, -0.2) is 4.98 Å². The van der Waals surface area contributed by atoms with Crippen LogP contribution >= 0.6 is 0 Å². The number of pyridine rings is 3. The average molecular weight is 546 g/mol. The van der Waals surface area contributed by atoms with Crippen LogP contribution in [-0.2, 0) is 9.59 Å². The Kier molecular flexibility index (Phi) is 6.19. The molecule has 0 aliphatic carbocycles. The van der Waals surface area contributed by atoms with Crippen molar-refractivity contribution in [3.8, 4) is 46.1 Å². The summed E-state index contributed by atoms with van der Waals surface area (Å²) in [5, 5.41) is 7.17. The third kappa shape index (κ3) is 4.53. The molecule has 3 heterocycles. The fraction of sp³-hybridized carbons (Fsp3) is 0. The summed E-state index contributed by atoms with van der Waals surface area (Å²) >= 11 is 0. The summed E-state index contributed by atoms with van der Waals surface area (Å²) in [7, 11) is 0. The lowest BCUT2D eigenvalue weighted by Gasteiger charge is -2.11. The maximum atomic E-state index is 11.1. The summed E-state index contributed by atoms with van der Waals surface area (Å²) in [5.74, 6) is 7.22. The van der Waals surface area contributed by atoms with Crippen LogP contribution in [-0.4, -0.2) is 27.9 Å². The summed E-state index contributed by atoms with van der Waals surface area (Å²) in [6.07, 6.45) is 3.16. The highest BCUT2D eigenvalue weighted by atomic mass is 16.5. The van der Waals surface area contributed by atoms with Gasteiger partial charge in [-0.1, -0.05) is 60.4 Å². The summed E-state index contributed by atoms with van der Waals surface area (Å²) in [6.45, 7) is 0.678. The van der Waals surface area contributed by atoms with Crippen LogP contribution in [0.1, 0.15) is 11.1 Å². The number of benzene rings is 4. The molecular formula is C35H19N3O4. The lowest BCUT2D eigenvalue weighted by atomic mass is 9.92. The first-order chi connectivity index (χ1) is 20.7. The second-order valence-corrected chi connectivity index (χ2v) is 9.53. The maximum Gasteiger partial charge on any atom is 0.298 e. The SMILES string of the molecule is O=COc1ccnc(-c2cc(OC=O)cc(-c3cc(C#Cc4ccc5ccc6cccc7ccc4c5c67)ccn3)n2)c1. The number of ether oxygens (including phenoxy) is 2. The Morgan fingerprint density at radius 1 is 0.571 bits per heavy atom. The summed E-state index contributed by atoms with van der Waals surface area (Å²) in [5.41, 5.74) is 3.51. The highest BCUT2D eigenvalue weighted by Crippen LogP contribution is 2.36. The normalized spacial score (nSPS) is 10.9. The van der Waals surface area contributed by atoms with Crippen LogP contribution in [0.15, 0.2) is 103 Å². The smallest absolute Gasteiger partial charge is 0.298 e. The van der Waals surface area contributed by atoms with Gasteiger partial charge in [0.15, 0.2) is 0 Å². The van der Waals surface area contributed by atoms with Crippen molar-refractivity contribution in [3.63, 3.8) is 0 Å². The second kappa shape index (κ2) is 10.5. The van der Waals surface area contributed by atoms with Crippen molar-refractivity contribution in [2.24, 2.45) is 0 Å². The fourth-order valence-corrected chi connectivity index (χ4v) is 5.20. The van der Waals surface area contributed by atoms with E-state index in [2.05, 4.69) is 76.4 Å². The van der Waals surface area contributed by atoms with Crippen LogP contribution in [0.25, 0.3) is 55.1 Å². The summed E-state index contributed by atoms with van der Waals surface area (Å²) in [4.78, 5) is 35.4. The van der Waals surface area contributed by atoms with Crippen molar-refractivity contribution < 1.29 is 19.1 Å². The molecule has 0 N–H and O–H groups in total. The Hall–Kier alpha value is -6.13. The predicted octanol–water partition coefficient (Wildman–Crippen LogP) is 6.57. The first-order valence-electron chi connectivity index (χ1n) is 13.0. The largest absolute Gasteiger partial charge is 0.429 e. The van der Waals surface area contributed by atoms with Gasteiger partial charge < -0.3 is 9.47 Å². The van der Waals surface area contributed by atoms with Gasteiger partial charge in [0, 0.05) is 41.7 Å². The molecule has 42 heavy (non-hydrogen) atoms. The molecule has 0 unspecified atom stereocenters. The minimum Gasteiger partial charge on any atom is -0.429 e. The molecule has 0 radical (unpaired) electrons. The van der Waals surface area contributed by atoms with Crippen LogP contribution < -0.4 is 9.47 Å². The van der Waals surface area contributed by atoms with Gasteiger partial charge in [-0.3, -0.25) is 19.6 Å². The van der Waals surface area contributed by atoms with Crippen LogP contribution in [0.3, 0.4) is 0 Å². The van der Waals surface area contributed by atoms with E-state index in [9.17, 15) is 9.59 Å². The molecule has 7 rings (SSSR count). The predicted molar refractivity (Wildman–Crippen MR) is 160 cm³/mol. The standard InChI is InChI=1S/C35H19N3O4/c39-20-41-27-13-15-37-31(17-27)33-19-28(42-21-40)18-32(38-33)30-16-22(12-14-36-30)4-5-23-6-7-26-9-8-24-2-1-3-25-10-11-29(23)35(26)34(24)25/h1-3,6-21H. The zero-order valence-electron chi connectivity index (χ0n) is 21.9. The quantitative estimate of drug-likeness (QED) is 0.133. The third-order valence-corrected chi connectivity index (χ3v) is 7.05. The van der Waals surface area contributed by atoms with Gasteiger partial charge in [0.25, 0.3) is 12.9 Å². The molecule has 3 aromatic heterocycles. The van der Waals surface area contributed by atoms with E-state index in [1.165, 1.54) is 33.1 Å². The first-order valence-corrected chi connectivity index (χ1v) is 13.0. The molecule has 0 amide bonds. The fourth-order valence-electron chi connectivity index (χ4n) is 5.20. The number of hydrogen-bond donors (Lipinski definition) is 0. The van der Waals surface area contributed by atoms with E-state index in [4.69, 9.17) is 14.5 Å². The van der Waals surface area contributed by atoms with Gasteiger partial charge >= 0.3 is 0 Å². The first kappa shape index (κ1) is 24.9. The Labute approximate surface area is 239 Å². The molecule has 198 valence electrons. The monoisotopic (exact) mass is 545 g/mol. The summed E-state index contributed by atoms with van der Waals surface area (Å²) < 4.78 is 10.1. The van der Waals surface area contributed by atoms with Gasteiger partial charge in [-0.05, 0) is 56.6 Å². The minimum absolute atomic E-state index is 0.264. The number of hydrogen-bond acceptors (Lipinski definition) is 7. The van der Waals surface area contributed by atoms with E-state index in [1.807, 2.05) is 12.1 Å². The van der Waals surface area contributed by atoms with E-state index in [-0.39, 0.29) is 5.75 Å². The third-order valence-electron chi connectivity index (χ3n) is 7.05. The Bertz CT molecular complexity index is 2200. The van der Waals surface area contributed by atoms with Crippen LogP contribution in [0.5, 0.6) is 11.5 Å². The van der Waals surface area contributed by atoms with Crippen molar-refractivity contribution in [2.45, 2.75) is 0 Å². The molecule has 0 atom stereocenters. The molecular weight excluding hydrogens is 526 g/mol. The molecule has 7 aromatic rings. The van der Waals surface area contributed by atoms with Gasteiger partial charge in [0.2, 0.25) is 0 Å². The maximum absolute atomic E-state index is 11.1. The second-order valence-electron chi connectivity index (χ2n) is 9.53. The number of carbonyl (C=O) groups excluding carboxylic acids is 2. The van der Waals surface area contributed by atoms with E-state index in [0.29, 0.717) is 41.5 Å². The van der Waals surface area contributed by atoms with Gasteiger partial charge in [0.05, 0.1) is 22.8 Å². The van der Waals surface area contributed by atoms with Gasteiger partial charge in [0.1, 0.15) is 11.5 Å². The van der Waals surface area contributed by atoms with Gasteiger partial charge in [-0.15, -0.1) is 0 Å². The van der Waals surface area contributed by atoms with Crippen molar-refractivity contribution in [1.82, 2.24) is 15.0 Å². The zero-order valence-corrected chi connectivity index (χ0v) is 21.9. The van der Waals surface area contributed by atoms with Crippen molar-refractivity contribution in [1.29, 1.82) is 0 Å². The average Bonchev–Trinajstić information content (AvgIpc) is 3.03. The molecule has 0 saturated heterocycles. The van der Waals surface area contributed by atoms with E-state index in [1.54, 1.807) is 30.5 Å².